The van der Waals surface area contributed by atoms with Crippen molar-refractivity contribution in [2.24, 2.45) is 5.10 Å². The molecule has 1 unspecified atom stereocenters. The van der Waals surface area contributed by atoms with Crippen LogP contribution >= 0.6 is 0 Å². The lowest BCUT2D eigenvalue weighted by Gasteiger charge is -2.24. The first kappa shape index (κ1) is 22.9. The SMILES string of the molecule is Cc1ccccc1S(=O)(=O)N1N=C(c2cccc(NS(C)(=O)=O)c2)CC1c1ccc(F)cc1. The van der Waals surface area contributed by atoms with E-state index in [1.165, 1.54) is 18.2 Å². The van der Waals surface area contributed by atoms with Crippen molar-refractivity contribution in [3.8, 4) is 0 Å². The Bertz CT molecular complexity index is 1440. The number of sulfonamides is 2. The molecule has 1 aliphatic rings. The number of hydrazone groups is 1. The largest absolute Gasteiger partial charge is 0.284 e. The van der Waals surface area contributed by atoms with Crippen LogP contribution in [0.1, 0.15) is 29.2 Å². The monoisotopic (exact) mass is 487 g/mol. The van der Waals surface area contributed by atoms with Crippen molar-refractivity contribution in [3.63, 3.8) is 0 Å². The van der Waals surface area contributed by atoms with Crippen molar-refractivity contribution in [2.45, 2.75) is 24.3 Å². The van der Waals surface area contributed by atoms with Gasteiger partial charge in [0.2, 0.25) is 10.0 Å². The second kappa shape index (κ2) is 8.60. The maximum absolute atomic E-state index is 13.6. The predicted molar refractivity (Wildman–Crippen MR) is 125 cm³/mol. The van der Waals surface area contributed by atoms with E-state index in [4.69, 9.17) is 0 Å². The van der Waals surface area contributed by atoms with Crippen molar-refractivity contribution in [2.75, 3.05) is 11.0 Å². The second-order valence-corrected chi connectivity index (χ2v) is 11.3. The first-order valence-corrected chi connectivity index (χ1v) is 13.4. The highest BCUT2D eigenvalue weighted by Crippen LogP contribution is 2.38. The molecule has 3 aromatic carbocycles. The molecule has 0 saturated heterocycles. The molecule has 0 bridgehead atoms. The minimum absolute atomic E-state index is 0.134. The van der Waals surface area contributed by atoms with Gasteiger partial charge in [0.25, 0.3) is 10.0 Å². The van der Waals surface area contributed by atoms with Crippen LogP contribution in [0.15, 0.2) is 82.8 Å². The Morgan fingerprint density at radius 1 is 0.970 bits per heavy atom. The molecule has 1 aliphatic heterocycles. The van der Waals surface area contributed by atoms with Crippen LogP contribution in [0, 0.1) is 12.7 Å². The number of benzene rings is 3. The summed E-state index contributed by atoms with van der Waals surface area (Å²) in [4.78, 5) is 0.134. The van der Waals surface area contributed by atoms with Crippen molar-refractivity contribution in [3.05, 3.63) is 95.3 Å². The minimum atomic E-state index is -4.02. The van der Waals surface area contributed by atoms with Gasteiger partial charge >= 0.3 is 0 Å². The Labute approximate surface area is 192 Å². The van der Waals surface area contributed by atoms with E-state index in [9.17, 15) is 21.2 Å². The molecule has 0 radical (unpaired) electrons. The van der Waals surface area contributed by atoms with E-state index in [1.807, 2.05) is 0 Å². The Kier molecular flexibility index (Phi) is 5.98. The van der Waals surface area contributed by atoms with Crippen molar-refractivity contribution < 1.29 is 21.2 Å². The smallest absolute Gasteiger partial charge is 0.279 e. The quantitative estimate of drug-likeness (QED) is 0.568. The van der Waals surface area contributed by atoms with Crippen LogP contribution in [-0.4, -0.2) is 33.2 Å². The van der Waals surface area contributed by atoms with Gasteiger partial charge < -0.3 is 0 Å². The van der Waals surface area contributed by atoms with Crippen LogP contribution in [0.4, 0.5) is 10.1 Å². The summed E-state index contributed by atoms with van der Waals surface area (Å²) in [5.74, 6) is -0.425. The summed E-state index contributed by atoms with van der Waals surface area (Å²) in [6, 6.07) is 18.2. The molecule has 0 amide bonds. The fourth-order valence-corrected chi connectivity index (χ4v) is 5.96. The van der Waals surface area contributed by atoms with Crippen molar-refractivity contribution >= 4 is 31.4 Å². The first-order valence-electron chi connectivity index (χ1n) is 10.1. The van der Waals surface area contributed by atoms with Gasteiger partial charge in [0.05, 0.1) is 22.9 Å². The summed E-state index contributed by atoms with van der Waals surface area (Å²) < 4.78 is 67.4. The van der Waals surface area contributed by atoms with Crippen LogP contribution in [0.2, 0.25) is 0 Å². The lowest BCUT2D eigenvalue weighted by molar-refractivity contribution is 0.371. The average Bonchev–Trinajstić information content (AvgIpc) is 3.20. The lowest BCUT2D eigenvalue weighted by atomic mass is 9.99. The third-order valence-corrected chi connectivity index (χ3v) is 7.69. The Morgan fingerprint density at radius 3 is 2.33 bits per heavy atom. The zero-order valence-electron chi connectivity index (χ0n) is 17.9. The minimum Gasteiger partial charge on any atom is -0.284 e. The molecule has 33 heavy (non-hydrogen) atoms. The van der Waals surface area contributed by atoms with E-state index >= 15 is 0 Å². The van der Waals surface area contributed by atoms with E-state index in [0.29, 0.717) is 28.1 Å². The molecule has 7 nitrogen and oxygen atoms in total. The molecule has 1 N–H and O–H groups in total. The van der Waals surface area contributed by atoms with Crippen LogP contribution in [0.3, 0.4) is 0 Å². The Hall–Kier alpha value is -3.24. The summed E-state index contributed by atoms with van der Waals surface area (Å²) in [6.07, 6.45) is 1.28. The Morgan fingerprint density at radius 2 is 1.67 bits per heavy atom. The zero-order valence-corrected chi connectivity index (χ0v) is 19.6. The number of nitrogens with zero attached hydrogens (tertiary/aromatic N) is 2. The third kappa shape index (κ3) is 4.91. The van der Waals surface area contributed by atoms with Gasteiger partial charge in [-0.05, 0) is 53.9 Å². The molecule has 1 atom stereocenters. The van der Waals surface area contributed by atoms with E-state index in [1.54, 1.807) is 61.5 Å². The van der Waals surface area contributed by atoms with Gasteiger partial charge in [-0.15, -0.1) is 0 Å². The molecule has 0 fully saturated rings. The number of nitrogens with one attached hydrogen (secondary N) is 1. The first-order chi connectivity index (χ1) is 15.5. The molecule has 10 heteroatoms. The fourth-order valence-electron chi connectivity index (χ4n) is 3.74. The topological polar surface area (TPSA) is 95.9 Å². The molecule has 0 aliphatic carbocycles. The van der Waals surface area contributed by atoms with Gasteiger partial charge in [-0.1, -0.05) is 42.5 Å². The molecule has 0 saturated carbocycles. The maximum Gasteiger partial charge on any atom is 0.279 e. The predicted octanol–water partition coefficient (Wildman–Crippen LogP) is 4.05. The van der Waals surface area contributed by atoms with Crippen molar-refractivity contribution in [1.29, 1.82) is 0 Å². The van der Waals surface area contributed by atoms with E-state index in [-0.39, 0.29) is 11.3 Å². The summed E-state index contributed by atoms with van der Waals surface area (Å²) >= 11 is 0. The number of hydrogen-bond donors (Lipinski definition) is 1. The Balaban J connectivity index is 1.80. The van der Waals surface area contributed by atoms with Gasteiger partial charge in [-0.2, -0.15) is 17.9 Å². The molecule has 4 rings (SSSR count). The third-order valence-electron chi connectivity index (χ3n) is 5.24. The van der Waals surface area contributed by atoms with Crippen LogP contribution < -0.4 is 4.72 Å². The molecule has 0 spiro atoms. The van der Waals surface area contributed by atoms with Crippen molar-refractivity contribution in [1.82, 2.24) is 4.41 Å². The van der Waals surface area contributed by atoms with Crippen LogP contribution in [0.5, 0.6) is 0 Å². The van der Waals surface area contributed by atoms with Gasteiger partial charge in [0, 0.05) is 12.1 Å². The second-order valence-electron chi connectivity index (χ2n) is 7.82. The highest BCUT2D eigenvalue weighted by molar-refractivity contribution is 7.92. The molecular formula is C23H22FN3O4S2. The zero-order chi connectivity index (χ0) is 23.8. The van der Waals surface area contributed by atoms with Gasteiger partial charge in [0.15, 0.2) is 0 Å². The number of rotatable bonds is 6. The number of hydrogen-bond acceptors (Lipinski definition) is 5. The molecule has 3 aromatic rings. The summed E-state index contributed by atoms with van der Waals surface area (Å²) in [5.41, 5.74) is 2.57. The van der Waals surface area contributed by atoms with E-state index < -0.39 is 31.9 Å². The summed E-state index contributed by atoms with van der Waals surface area (Å²) in [7, 11) is -7.50. The number of anilines is 1. The normalized spacial score (nSPS) is 16.5. The fraction of sp³-hybridized carbons (Fsp3) is 0.174. The number of halogens is 1. The van der Waals surface area contributed by atoms with Crippen LogP contribution in [0.25, 0.3) is 0 Å². The van der Waals surface area contributed by atoms with E-state index in [2.05, 4.69) is 9.82 Å². The highest BCUT2D eigenvalue weighted by atomic mass is 32.2. The molecule has 1 heterocycles. The van der Waals surface area contributed by atoms with Crippen LogP contribution in [-0.2, 0) is 20.0 Å². The van der Waals surface area contributed by atoms with Gasteiger partial charge in [0.1, 0.15) is 5.82 Å². The summed E-state index contributed by atoms with van der Waals surface area (Å²) in [5, 5.41) is 4.46. The molecule has 0 aromatic heterocycles. The highest BCUT2D eigenvalue weighted by Gasteiger charge is 2.38. The number of aryl methyl sites for hydroxylation is 1. The average molecular weight is 488 g/mol. The standard InChI is InChI=1S/C23H22FN3O4S2/c1-16-6-3-4-9-23(16)33(30,31)27-22(17-10-12-19(24)13-11-17)15-21(25-27)18-7-5-8-20(14-18)26-32(2,28)29/h3-14,22,26H,15H2,1-2H3. The van der Waals surface area contributed by atoms with Gasteiger partial charge in [-0.3, -0.25) is 4.72 Å². The van der Waals surface area contributed by atoms with Gasteiger partial charge in [-0.25, -0.2) is 12.8 Å². The summed E-state index contributed by atoms with van der Waals surface area (Å²) in [6.45, 7) is 1.71. The maximum atomic E-state index is 13.6. The van der Waals surface area contributed by atoms with E-state index in [0.717, 1.165) is 10.7 Å². The molecular weight excluding hydrogens is 465 g/mol. The lowest BCUT2D eigenvalue weighted by Crippen LogP contribution is -2.28. The molecule has 172 valence electrons.